The quantitative estimate of drug-likeness (QED) is 0.757. The van der Waals surface area contributed by atoms with Crippen LogP contribution in [0.1, 0.15) is 29.5 Å². The summed E-state index contributed by atoms with van der Waals surface area (Å²) < 4.78 is 27.5. The van der Waals surface area contributed by atoms with E-state index in [-0.39, 0.29) is 5.75 Å². The first-order chi connectivity index (χ1) is 13.0. The fourth-order valence-electron chi connectivity index (χ4n) is 3.55. The Morgan fingerprint density at radius 2 is 1.63 bits per heavy atom. The molecule has 4 nitrogen and oxygen atoms in total. The second kappa shape index (κ2) is 9.49. The first-order valence-corrected chi connectivity index (χ1v) is 11.4. The molecule has 1 fully saturated rings. The first-order valence-electron chi connectivity index (χ1n) is 9.79. The smallest absolute Gasteiger partial charge is 0.215 e. The molecule has 1 aliphatic rings. The molecule has 0 bridgehead atoms. The van der Waals surface area contributed by atoms with Crippen LogP contribution in [0.15, 0.2) is 54.6 Å². The lowest BCUT2D eigenvalue weighted by molar-refractivity contribution is 0.187. The van der Waals surface area contributed by atoms with Gasteiger partial charge in [0, 0.05) is 13.1 Å². The Kier molecular flexibility index (Phi) is 7.05. The maximum Gasteiger partial charge on any atom is 0.215 e. The molecule has 0 aliphatic carbocycles. The molecule has 0 unspecified atom stereocenters. The van der Waals surface area contributed by atoms with Gasteiger partial charge in [-0.05, 0) is 56.3 Å². The molecule has 0 aromatic heterocycles. The van der Waals surface area contributed by atoms with E-state index in [4.69, 9.17) is 0 Å². The Bertz CT molecular complexity index is 796. The third kappa shape index (κ3) is 6.76. The van der Waals surface area contributed by atoms with Crippen molar-refractivity contribution in [1.82, 2.24) is 9.62 Å². The van der Waals surface area contributed by atoms with Crippen molar-refractivity contribution < 1.29 is 8.42 Å². The minimum Gasteiger partial charge on any atom is -0.303 e. The molecule has 0 atom stereocenters. The topological polar surface area (TPSA) is 49.4 Å². The fourth-order valence-corrected chi connectivity index (χ4v) is 4.77. The third-order valence-corrected chi connectivity index (χ3v) is 6.66. The highest BCUT2D eigenvalue weighted by atomic mass is 32.2. The number of aryl methyl sites for hydroxylation is 1. The van der Waals surface area contributed by atoms with Crippen LogP contribution in [0, 0.1) is 12.8 Å². The van der Waals surface area contributed by atoms with E-state index < -0.39 is 10.0 Å². The molecule has 0 amide bonds. The molecule has 1 aliphatic heterocycles. The van der Waals surface area contributed by atoms with E-state index in [1.54, 1.807) is 0 Å². The highest BCUT2D eigenvalue weighted by molar-refractivity contribution is 7.88. The van der Waals surface area contributed by atoms with Crippen molar-refractivity contribution in [2.45, 2.75) is 31.9 Å². The Hall–Kier alpha value is -1.69. The highest BCUT2D eigenvalue weighted by Crippen LogP contribution is 2.17. The Morgan fingerprint density at radius 3 is 2.30 bits per heavy atom. The van der Waals surface area contributed by atoms with Crippen LogP contribution in [-0.4, -0.2) is 39.5 Å². The van der Waals surface area contributed by atoms with Gasteiger partial charge in [-0.1, -0.05) is 60.2 Å². The second-order valence-electron chi connectivity index (χ2n) is 7.61. The number of benzene rings is 2. The molecule has 146 valence electrons. The summed E-state index contributed by atoms with van der Waals surface area (Å²) in [6, 6.07) is 18.3. The first kappa shape index (κ1) is 20.1. The van der Waals surface area contributed by atoms with Crippen LogP contribution in [0.25, 0.3) is 0 Å². The van der Waals surface area contributed by atoms with Crippen LogP contribution in [-0.2, 0) is 22.2 Å². The molecule has 0 spiro atoms. The van der Waals surface area contributed by atoms with Crippen molar-refractivity contribution in [2.75, 3.05) is 26.2 Å². The molecule has 3 rings (SSSR count). The van der Waals surface area contributed by atoms with Gasteiger partial charge in [-0.15, -0.1) is 0 Å². The molecule has 1 heterocycles. The van der Waals surface area contributed by atoms with Crippen LogP contribution >= 0.6 is 0 Å². The van der Waals surface area contributed by atoms with Gasteiger partial charge in [-0.2, -0.15) is 0 Å². The number of nitrogens with zero attached hydrogens (tertiary/aromatic N) is 1. The van der Waals surface area contributed by atoms with Gasteiger partial charge in [-0.3, -0.25) is 0 Å². The van der Waals surface area contributed by atoms with E-state index in [9.17, 15) is 8.42 Å². The van der Waals surface area contributed by atoms with Crippen molar-refractivity contribution >= 4 is 10.0 Å². The van der Waals surface area contributed by atoms with Gasteiger partial charge < -0.3 is 4.90 Å². The minimum atomic E-state index is -3.27. The molecule has 2 aromatic carbocycles. The van der Waals surface area contributed by atoms with Gasteiger partial charge in [-0.25, -0.2) is 13.1 Å². The number of hydrogen-bond donors (Lipinski definition) is 1. The highest BCUT2D eigenvalue weighted by Gasteiger charge is 2.21. The van der Waals surface area contributed by atoms with Gasteiger partial charge in [0.1, 0.15) is 0 Å². The SMILES string of the molecule is Cc1ccc(CS(=O)(=O)NCC2CCN(CCc3ccccc3)CC2)cc1. The summed E-state index contributed by atoms with van der Waals surface area (Å²) in [5, 5.41) is 0. The Labute approximate surface area is 163 Å². The number of nitrogens with one attached hydrogen (secondary N) is 1. The molecule has 1 saturated heterocycles. The monoisotopic (exact) mass is 386 g/mol. The van der Waals surface area contributed by atoms with E-state index in [0.29, 0.717) is 12.5 Å². The average Bonchev–Trinajstić information content (AvgIpc) is 2.68. The van der Waals surface area contributed by atoms with Gasteiger partial charge in [0.25, 0.3) is 0 Å². The maximum atomic E-state index is 12.3. The maximum absolute atomic E-state index is 12.3. The number of likely N-dealkylation sites (tertiary alicyclic amines) is 1. The number of rotatable bonds is 8. The summed E-state index contributed by atoms with van der Waals surface area (Å²) in [4.78, 5) is 2.49. The van der Waals surface area contributed by atoms with Crippen molar-refractivity contribution in [2.24, 2.45) is 5.92 Å². The van der Waals surface area contributed by atoms with E-state index in [2.05, 4.69) is 40.0 Å². The molecule has 5 heteroatoms. The van der Waals surface area contributed by atoms with Crippen molar-refractivity contribution in [3.63, 3.8) is 0 Å². The molecule has 27 heavy (non-hydrogen) atoms. The van der Waals surface area contributed by atoms with E-state index in [1.165, 1.54) is 5.56 Å². The lowest BCUT2D eigenvalue weighted by Crippen LogP contribution is -2.39. The molecule has 1 N–H and O–H groups in total. The van der Waals surface area contributed by atoms with E-state index in [0.717, 1.165) is 50.0 Å². The van der Waals surface area contributed by atoms with Crippen molar-refractivity contribution in [3.05, 3.63) is 71.3 Å². The predicted molar refractivity (Wildman–Crippen MR) is 111 cm³/mol. The fraction of sp³-hybridized carbons (Fsp3) is 0.455. The molecule has 0 radical (unpaired) electrons. The second-order valence-corrected chi connectivity index (χ2v) is 9.42. The van der Waals surface area contributed by atoms with Crippen molar-refractivity contribution in [3.8, 4) is 0 Å². The van der Waals surface area contributed by atoms with Gasteiger partial charge in [0.05, 0.1) is 5.75 Å². The van der Waals surface area contributed by atoms with Gasteiger partial charge >= 0.3 is 0 Å². The van der Waals surface area contributed by atoms with Crippen LogP contribution < -0.4 is 4.72 Å². The lowest BCUT2D eigenvalue weighted by Gasteiger charge is -2.32. The zero-order chi connectivity index (χ0) is 19.1. The zero-order valence-electron chi connectivity index (χ0n) is 16.1. The van der Waals surface area contributed by atoms with Gasteiger partial charge in [0.15, 0.2) is 0 Å². The van der Waals surface area contributed by atoms with E-state index >= 15 is 0 Å². The summed E-state index contributed by atoms with van der Waals surface area (Å²) in [6.07, 6.45) is 3.19. The summed E-state index contributed by atoms with van der Waals surface area (Å²) in [5.74, 6) is 0.495. The van der Waals surface area contributed by atoms with Crippen LogP contribution in [0.5, 0.6) is 0 Å². The normalized spacial score (nSPS) is 16.5. The lowest BCUT2D eigenvalue weighted by atomic mass is 9.97. The van der Waals surface area contributed by atoms with Crippen LogP contribution in [0.2, 0.25) is 0 Å². The summed E-state index contributed by atoms with van der Waals surface area (Å²) in [5.41, 5.74) is 3.36. The summed E-state index contributed by atoms with van der Waals surface area (Å²) in [7, 11) is -3.27. The standard InChI is InChI=1S/C22H30N2O2S/c1-19-7-9-22(10-8-19)18-27(25,26)23-17-21-12-15-24(16-13-21)14-11-20-5-3-2-4-6-20/h2-10,21,23H,11-18H2,1H3. The zero-order valence-corrected chi connectivity index (χ0v) is 16.9. The van der Waals surface area contributed by atoms with E-state index in [1.807, 2.05) is 31.2 Å². The van der Waals surface area contributed by atoms with Gasteiger partial charge in [0.2, 0.25) is 10.0 Å². The number of hydrogen-bond acceptors (Lipinski definition) is 3. The van der Waals surface area contributed by atoms with Crippen molar-refractivity contribution in [1.29, 1.82) is 0 Å². The summed E-state index contributed by atoms with van der Waals surface area (Å²) >= 11 is 0. The molecule has 2 aromatic rings. The molecule has 0 saturated carbocycles. The number of sulfonamides is 1. The Morgan fingerprint density at radius 1 is 0.963 bits per heavy atom. The molecular formula is C22H30N2O2S. The third-order valence-electron chi connectivity index (χ3n) is 5.34. The average molecular weight is 387 g/mol. The summed E-state index contributed by atoms with van der Waals surface area (Å²) in [6.45, 7) is 5.74. The largest absolute Gasteiger partial charge is 0.303 e. The Balaban J connectivity index is 1.38. The van der Waals surface area contributed by atoms with Crippen LogP contribution in [0.3, 0.4) is 0 Å². The van der Waals surface area contributed by atoms with Crippen LogP contribution in [0.4, 0.5) is 0 Å². The molecular weight excluding hydrogens is 356 g/mol. The predicted octanol–water partition coefficient (Wildman–Crippen LogP) is 3.37. The number of piperidine rings is 1. The minimum absolute atomic E-state index is 0.0587.